The van der Waals surface area contributed by atoms with Gasteiger partial charge in [-0.1, -0.05) is 25.1 Å². The van der Waals surface area contributed by atoms with Gasteiger partial charge >= 0.3 is 12.1 Å². The second-order valence-corrected chi connectivity index (χ2v) is 8.94. The number of carbonyl (C=O) groups is 2. The number of nitrogens with one attached hydrogen (secondary N) is 2. The largest absolute Gasteiger partial charge is 0.481 e. The fourth-order valence-corrected chi connectivity index (χ4v) is 4.87. The molecule has 1 amide bonds. The smallest absolute Gasteiger partial charge is 0.416 e. The molecular formula is C24H26F3N3O3. The second kappa shape index (κ2) is 8.61. The van der Waals surface area contributed by atoms with Crippen molar-refractivity contribution < 1.29 is 27.9 Å². The van der Waals surface area contributed by atoms with Crippen molar-refractivity contribution in [2.75, 3.05) is 6.67 Å². The first kappa shape index (κ1) is 22.9. The van der Waals surface area contributed by atoms with Gasteiger partial charge in [-0.3, -0.25) is 9.59 Å². The van der Waals surface area contributed by atoms with Crippen LogP contribution in [0.15, 0.2) is 59.6 Å². The molecule has 0 spiro atoms. The van der Waals surface area contributed by atoms with E-state index in [1.54, 1.807) is 0 Å². The topological polar surface area (TPSA) is 81.7 Å². The third-order valence-electron chi connectivity index (χ3n) is 6.69. The van der Waals surface area contributed by atoms with E-state index in [1.807, 2.05) is 30.2 Å². The van der Waals surface area contributed by atoms with E-state index >= 15 is 0 Å². The zero-order valence-electron chi connectivity index (χ0n) is 18.2. The molecule has 1 aromatic rings. The van der Waals surface area contributed by atoms with E-state index in [2.05, 4.69) is 10.6 Å². The third-order valence-corrected chi connectivity index (χ3v) is 6.69. The predicted octanol–water partition coefficient (Wildman–Crippen LogP) is 3.93. The number of amides is 1. The molecule has 0 bridgehead atoms. The van der Waals surface area contributed by atoms with Gasteiger partial charge in [0.1, 0.15) is 5.70 Å². The van der Waals surface area contributed by atoms with Crippen LogP contribution in [-0.2, 0) is 22.2 Å². The fourth-order valence-electron chi connectivity index (χ4n) is 4.87. The molecule has 9 heteroatoms. The number of rotatable bonds is 7. The van der Waals surface area contributed by atoms with Crippen LogP contribution < -0.4 is 10.6 Å². The Balaban J connectivity index is 1.47. The predicted molar refractivity (Wildman–Crippen MR) is 115 cm³/mol. The molecule has 176 valence electrons. The lowest BCUT2D eigenvalue weighted by atomic mass is 9.62. The quantitative estimate of drug-likeness (QED) is 0.574. The Morgan fingerprint density at radius 3 is 2.55 bits per heavy atom. The summed E-state index contributed by atoms with van der Waals surface area (Å²) in [6, 6.07) is 4.96. The van der Waals surface area contributed by atoms with Crippen molar-refractivity contribution in [3.8, 4) is 0 Å². The second-order valence-electron chi connectivity index (χ2n) is 8.94. The van der Waals surface area contributed by atoms with Crippen molar-refractivity contribution in [2.24, 2.45) is 5.41 Å². The molecule has 3 aliphatic rings. The summed E-state index contributed by atoms with van der Waals surface area (Å²) in [6.07, 6.45) is 3.65. The Morgan fingerprint density at radius 1 is 1.24 bits per heavy atom. The van der Waals surface area contributed by atoms with Crippen molar-refractivity contribution in [3.05, 3.63) is 70.7 Å². The molecule has 6 nitrogen and oxygen atoms in total. The number of nitrogens with zero attached hydrogens (tertiary/aromatic N) is 1. The molecular weight excluding hydrogens is 435 g/mol. The van der Waals surface area contributed by atoms with Crippen molar-refractivity contribution in [3.63, 3.8) is 0 Å². The van der Waals surface area contributed by atoms with Gasteiger partial charge in [0, 0.05) is 12.2 Å². The monoisotopic (exact) mass is 461 g/mol. The van der Waals surface area contributed by atoms with Gasteiger partial charge in [0.15, 0.2) is 0 Å². The first-order valence-electron chi connectivity index (χ1n) is 10.9. The minimum atomic E-state index is -4.38. The number of allylic oxidation sites excluding steroid dienone is 3. The average molecular weight is 461 g/mol. The molecule has 1 aliphatic carbocycles. The fraction of sp³-hybridized carbons (Fsp3) is 0.417. The van der Waals surface area contributed by atoms with Crippen LogP contribution in [0.2, 0.25) is 0 Å². The zero-order chi connectivity index (χ0) is 23.8. The first-order valence-corrected chi connectivity index (χ1v) is 10.9. The minimum absolute atomic E-state index is 0.0813. The summed E-state index contributed by atoms with van der Waals surface area (Å²) in [5, 5.41) is 15.3. The molecule has 1 saturated carbocycles. The van der Waals surface area contributed by atoms with Gasteiger partial charge in [-0.05, 0) is 60.4 Å². The van der Waals surface area contributed by atoms with Crippen molar-refractivity contribution >= 4 is 11.9 Å². The Labute approximate surface area is 189 Å². The summed E-state index contributed by atoms with van der Waals surface area (Å²) in [7, 11) is 0. The number of aliphatic carboxylic acids is 1. The van der Waals surface area contributed by atoms with Crippen LogP contribution in [0.1, 0.15) is 43.7 Å². The van der Waals surface area contributed by atoms with Gasteiger partial charge in [0.2, 0.25) is 0 Å². The standard InChI is InChI=1S/C24H26F3N3O3/c1-2-23(13-19(31)32)11-18(12-23)29-22(33)20-21-16(4-3-9-30(21)14-28-20)10-15-5-7-17(8-6-15)24(25,26)27/h3-9,18,28H,2,10-14H2,1H3,(H,29,33)(H,31,32). The van der Waals surface area contributed by atoms with Gasteiger partial charge in [0.25, 0.3) is 5.91 Å². The number of carboxylic acid groups (broad SMARTS) is 1. The van der Waals surface area contributed by atoms with Gasteiger partial charge in [0.05, 0.1) is 24.4 Å². The maximum Gasteiger partial charge on any atom is 0.416 e. The van der Waals surface area contributed by atoms with E-state index in [1.165, 1.54) is 12.1 Å². The van der Waals surface area contributed by atoms with Crippen LogP contribution in [0.4, 0.5) is 13.2 Å². The third kappa shape index (κ3) is 4.77. The number of hydrogen-bond donors (Lipinski definition) is 3. The van der Waals surface area contributed by atoms with Crippen molar-refractivity contribution in [2.45, 2.75) is 51.2 Å². The summed E-state index contributed by atoms with van der Waals surface area (Å²) >= 11 is 0. The highest BCUT2D eigenvalue weighted by Crippen LogP contribution is 2.47. The van der Waals surface area contributed by atoms with Crippen LogP contribution in [0.3, 0.4) is 0 Å². The number of alkyl halides is 3. The summed E-state index contributed by atoms with van der Waals surface area (Å²) in [4.78, 5) is 26.1. The number of fused-ring (bicyclic) bond motifs is 1. The van der Waals surface area contributed by atoms with Crippen molar-refractivity contribution in [1.82, 2.24) is 15.5 Å². The minimum Gasteiger partial charge on any atom is -0.481 e. The zero-order valence-corrected chi connectivity index (χ0v) is 18.2. The molecule has 2 heterocycles. The summed E-state index contributed by atoms with van der Waals surface area (Å²) in [5.74, 6) is -1.09. The lowest BCUT2D eigenvalue weighted by Crippen LogP contribution is -2.52. The molecule has 4 rings (SSSR count). The number of hydrogen-bond acceptors (Lipinski definition) is 4. The number of carboxylic acids is 1. The molecule has 1 aromatic carbocycles. The molecule has 0 aromatic heterocycles. The van der Waals surface area contributed by atoms with E-state index < -0.39 is 17.7 Å². The lowest BCUT2D eigenvalue weighted by molar-refractivity contribution is -0.142. The van der Waals surface area contributed by atoms with Gasteiger partial charge in [-0.2, -0.15) is 13.2 Å². The maximum atomic E-state index is 13.0. The lowest BCUT2D eigenvalue weighted by Gasteiger charge is -2.47. The van der Waals surface area contributed by atoms with E-state index in [-0.39, 0.29) is 23.8 Å². The Kier molecular flexibility index (Phi) is 5.99. The highest BCUT2D eigenvalue weighted by Gasteiger charge is 2.45. The van der Waals surface area contributed by atoms with Crippen LogP contribution in [0.5, 0.6) is 0 Å². The maximum absolute atomic E-state index is 13.0. The molecule has 2 aliphatic heterocycles. The average Bonchev–Trinajstić information content (AvgIpc) is 3.17. The highest BCUT2D eigenvalue weighted by atomic mass is 19.4. The van der Waals surface area contributed by atoms with Crippen LogP contribution in [-0.4, -0.2) is 34.6 Å². The van der Waals surface area contributed by atoms with E-state index in [4.69, 9.17) is 5.11 Å². The van der Waals surface area contributed by atoms with Gasteiger partial charge < -0.3 is 20.6 Å². The van der Waals surface area contributed by atoms with Gasteiger partial charge in [-0.15, -0.1) is 0 Å². The van der Waals surface area contributed by atoms with Crippen LogP contribution in [0.25, 0.3) is 0 Å². The summed E-state index contributed by atoms with van der Waals surface area (Å²) < 4.78 is 38.5. The molecule has 0 atom stereocenters. The van der Waals surface area contributed by atoms with Gasteiger partial charge in [-0.25, -0.2) is 0 Å². The first-order chi connectivity index (χ1) is 15.6. The SMILES string of the molecule is CCC1(CC(=O)O)CC(NC(=O)C2=C3C(Cc4ccc(C(F)(F)F)cc4)=CC=CN3CN2)C1. The summed E-state index contributed by atoms with van der Waals surface area (Å²) in [5.41, 5.74) is 1.71. The Bertz CT molecular complexity index is 1040. The number of benzene rings is 1. The number of halogens is 3. The van der Waals surface area contributed by atoms with E-state index in [9.17, 15) is 22.8 Å². The molecule has 3 N–H and O–H groups in total. The molecule has 33 heavy (non-hydrogen) atoms. The Hall–Kier alpha value is -3.23. The Morgan fingerprint density at radius 2 is 1.94 bits per heavy atom. The van der Waals surface area contributed by atoms with Crippen LogP contribution in [0, 0.1) is 5.41 Å². The molecule has 0 unspecified atom stereocenters. The normalized spacial score (nSPS) is 24.1. The van der Waals surface area contributed by atoms with Crippen molar-refractivity contribution in [1.29, 1.82) is 0 Å². The molecule has 1 fully saturated rings. The van der Waals surface area contributed by atoms with E-state index in [0.29, 0.717) is 42.9 Å². The summed E-state index contributed by atoms with van der Waals surface area (Å²) in [6.45, 7) is 2.39. The van der Waals surface area contributed by atoms with Crippen LogP contribution >= 0.6 is 0 Å². The molecule has 0 saturated heterocycles. The van der Waals surface area contributed by atoms with E-state index in [0.717, 1.165) is 24.1 Å². The molecule has 0 radical (unpaired) electrons. The highest BCUT2D eigenvalue weighted by molar-refractivity contribution is 5.95. The number of carbonyl (C=O) groups excluding carboxylic acids is 1.